The highest BCUT2D eigenvalue weighted by molar-refractivity contribution is 8.00. The Morgan fingerprint density at radius 2 is 2.06 bits per heavy atom. The standard InChI is InChI=1S/C11H15NO3S/c1-7-5-12(6-8(2)16-7)10-4-3-9(15-10)11(13)14/h3-4,7-8H,5-6H2,1-2H3,(H,13,14). The first-order valence-corrected chi connectivity index (χ1v) is 6.24. The van der Waals surface area contributed by atoms with Gasteiger partial charge in [0.2, 0.25) is 5.76 Å². The van der Waals surface area contributed by atoms with E-state index in [1.54, 1.807) is 6.07 Å². The second-order valence-electron chi connectivity index (χ2n) is 4.11. The van der Waals surface area contributed by atoms with Gasteiger partial charge in [-0.25, -0.2) is 4.79 Å². The van der Waals surface area contributed by atoms with Crippen molar-refractivity contribution in [2.24, 2.45) is 0 Å². The predicted molar refractivity (Wildman–Crippen MR) is 64.4 cm³/mol. The number of anilines is 1. The van der Waals surface area contributed by atoms with Crippen LogP contribution >= 0.6 is 11.8 Å². The molecule has 4 nitrogen and oxygen atoms in total. The number of thioether (sulfide) groups is 1. The van der Waals surface area contributed by atoms with E-state index in [0.717, 1.165) is 13.1 Å². The van der Waals surface area contributed by atoms with Crippen LogP contribution in [0.15, 0.2) is 16.5 Å². The van der Waals surface area contributed by atoms with Crippen LogP contribution in [-0.4, -0.2) is 34.7 Å². The summed E-state index contributed by atoms with van der Waals surface area (Å²) in [6.07, 6.45) is 0. The first-order valence-electron chi connectivity index (χ1n) is 5.30. The molecule has 2 rings (SSSR count). The average molecular weight is 241 g/mol. The van der Waals surface area contributed by atoms with E-state index in [2.05, 4.69) is 18.7 Å². The minimum absolute atomic E-state index is 0.00790. The number of furan rings is 1. The zero-order chi connectivity index (χ0) is 11.7. The van der Waals surface area contributed by atoms with Crippen molar-refractivity contribution < 1.29 is 14.3 Å². The lowest BCUT2D eigenvalue weighted by Crippen LogP contribution is -2.40. The molecule has 1 aliphatic rings. The summed E-state index contributed by atoms with van der Waals surface area (Å²) in [5.74, 6) is -0.344. The molecule has 1 aromatic rings. The molecule has 5 heteroatoms. The number of aromatic carboxylic acids is 1. The van der Waals surface area contributed by atoms with Gasteiger partial charge >= 0.3 is 5.97 Å². The summed E-state index contributed by atoms with van der Waals surface area (Å²) in [4.78, 5) is 12.8. The van der Waals surface area contributed by atoms with E-state index in [9.17, 15) is 4.79 Å². The van der Waals surface area contributed by atoms with Crippen LogP contribution in [-0.2, 0) is 0 Å². The normalized spacial score (nSPS) is 25.8. The van der Waals surface area contributed by atoms with Crippen molar-refractivity contribution in [1.29, 1.82) is 0 Å². The molecule has 1 saturated heterocycles. The van der Waals surface area contributed by atoms with Crippen LogP contribution < -0.4 is 4.90 Å². The van der Waals surface area contributed by atoms with Crippen LogP contribution in [0.25, 0.3) is 0 Å². The first kappa shape index (κ1) is 11.4. The summed E-state index contributed by atoms with van der Waals surface area (Å²) in [6.45, 7) is 6.16. The highest BCUT2D eigenvalue weighted by Crippen LogP contribution is 2.29. The fourth-order valence-electron chi connectivity index (χ4n) is 1.97. The summed E-state index contributed by atoms with van der Waals surface area (Å²) in [5, 5.41) is 9.87. The van der Waals surface area contributed by atoms with E-state index < -0.39 is 5.97 Å². The van der Waals surface area contributed by atoms with Crippen LogP contribution in [0.4, 0.5) is 5.88 Å². The number of carboxylic acid groups (broad SMARTS) is 1. The highest BCUT2D eigenvalue weighted by atomic mass is 32.2. The molecule has 1 aliphatic heterocycles. The first-order chi connectivity index (χ1) is 7.56. The van der Waals surface area contributed by atoms with Crippen LogP contribution in [0, 0.1) is 0 Å². The number of hydrogen-bond acceptors (Lipinski definition) is 4. The number of carbonyl (C=O) groups is 1. The quantitative estimate of drug-likeness (QED) is 0.861. The maximum atomic E-state index is 10.7. The SMILES string of the molecule is CC1CN(c2ccc(C(=O)O)o2)CC(C)S1. The summed E-state index contributed by atoms with van der Waals surface area (Å²) in [5.41, 5.74) is 0. The fourth-order valence-corrected chi connectivity index (χ4v) is 3.30. The summed E-state index contributed by atoms with van der Waals surface area (Å²) >= 11 is 1.95. The van der Waals surface area contributed by atoms with Crippen LogP contribution in [0.5, 0.6) is 0 Å². The van der Waals surface area contributed by atoms with Crippen molar-refractivity contribution in [3.63, 3.8) is 0 Å². The van der Waals surface area contributed by atoms with Crippen LogP contribution in [0.2, 0.25) is 0 Å². The van der Waals surface area contributed by atoms with Gasteiger partial charge in [0.1, 0.15) is 0 Å². The molecular formula is C11H15NO3S. The summed E-state index contributed by atoms with van der Waals surface area (Å²) < 4.78 is 5.30. The molecule has 0 bridgehead atoms. The van der Waals surface area contributed by atoms with Gasteiger partial charge in [-0.1, -0.05) is 13.8 Å². The van der Waals surface area contributed by atoms with E-state index in [1.165, 1.54) is 6.07 Å². The average Bonchev–Trinajstić information content (AvgIpc) is 2.64. The van der Waals surface area contributed by atoms with Crippen molar-refractivity contribution in [3.8, 4) is 0 Å². The maximum Gasteiger partial charge on any atom is 0.371 e. The second-order valence-corrected chi connectivity index (χ2v) is 5.99. The van der Waals surface area contributed by atoms with Gasteiger partial charge in [-0.3, -0.25) is 0 Å². The van der Waals surface area contributed by atoms with Crippen molar-refractivity contribution in [2.75, 3.05) is 18.0 Å². The molecule has 2 atom stereocenters. The zero-order valence-corrected chi connectivity index (χ0v) is 10.2. The van der Waals surface area contributed by atoms with E-state index >= 15 is 0 Å². The van der Waals surface area contributed by atoms with Crippen molar-refractivity contribution in [1.82, 2.24) is 0 Å². The number of nitrogens with zero attached hydrogens (tertiary/aromatic N) is 1. The monoisotopic (exact) mass is 241 g/mol. The van der Waals surface area contributed by atoms with Gasteiger partial charge in [-0.05, 0) is 6.07 Å². The molecule has 1 aromatic heterocycles. The van der Waals surface area contributed by atoms with Gasteiger partial charge in [0.15, 0.2) is 5.88 Å². The Labute approximate surface area is 98.6 Å². The van der Waals surface area contributed by atoms with E-state index in [4.69, 9.17) is 9.52 Å². The predicted octanol–water partition coefficient (Wildman–Crippen LogP) is 2.31. The molecule has 1 fully saturated rings. The topological polar surface area (TPSA) is 53.7 Å². The number of hydrogen-bond donors (Lipinski definition) is 1. The van der Waals surface area contributed by atoms with Gasteiger partial charge in [0.25, 0.3) is 0 Å². The van der Waals surface area contributed by atoms with Crippen molar-refractivity contribution in [3.05, 3.63) is 17.9 Å². The smallest absolute Gasteiger partial charge is 0.371 e. The van der Waals surface area contributed by atoms with Crippen LogP contribution in [0.1, 0.15) is 24.4 Å². The molecule has 0 saturated carbocycles. The molecule has 0 aromatic carbocycles. The Morgan fingerprint density at radius 3 is 2.56 bits per heavy atom. The molecular weight excluding hydrogens is 226 g/mol. The minimum atomic E-state index is -1.02. The molecule has 0 radical (unpaired) electrons. The second kappa shape index (κ2) is 4.41. The Bertz CT molecular complexity index is 380. The summed E-state index contributed by atoms with van der Waals surface area (Å²) in [7, 11) is 0. The molecule has 0 spiro atoms. The lowest BCUT2D eigenvalue weighted by Gasteiger charge is -2.34. The Morgan fingerprint density at radius 1 is 1.44 bits per heavy atom. The lowest BCUT2D eigenvalue weighted by atomic mass is 10.3. The van der Waals surface area contributed by atoms with E-state index in [-0.39, 0.29) is 5.76 Å². The van der Waals surface area contributed by atoms with Crippen molar-refractivity contribution in [2.45, 2.75) is 24.3 Å². The molecule has 2 heterocycles. The van der Waals surface area contributed by atoms with E-state index in [0.29, 0.717) is 16.4 Å². The summed E-state index contributed by atoms with van der Waals surface area (Å²) in [6, 6.07) is 3.24. The molecule has 0 amide bonds. The third-order valence-electron chi connectivity index (χ3n) is 2.53. The molecule has 2 unspecified atom stereocenters. The van der Waals surface area contributed by atoms with E-state index in [1.807, 2.05) is 11.8 Å². The number of carboxylic acids is 1. The maximum absolute atomic E-state index is 10.7. The Kier molecular flexibility index (Phi) is 3.14. The van der Waals surface area contributed by atoms with Gasteiger partial charge in [0.05, 0.1) is 0 Å². The molecule has 0 aliphatic carbocycles. The van der Waals surface area contributed by atoms with Crippen molar-refractivity contribution >= 4 is 23.6 Å². The lowest BCUT2D eigenvalue weighted by molar-refractivity contribution is 0.0663. The Balaban J connectivity index is 2.13. The van der Waals surface area contributed by atoms with Crippen LogP contribution in [0.3, 0.4) is 0 Å². The largest absolute Gasteiger partial charge is 0.475 e. The molecule has 1 N–H and O–H groups in total. The fraction of sp³-hybridized carbons (Fsp3) is 0.545. The Hall–Kier alpha value is -1.10. The minimum Gasteiger partial charge on any atom is -0.475 e. The highest BCUT2D eigenvalue weighted by Gasteiger charge is 2.24. The third kappa shape index (κ3) is 2.35. The van der Waals surface area contributed by atoms with Gasteiger partial charge in [-0.15, -0.1) is 0 Å². The zero-order valence-electron chi connectivity index (χ0n) is 9.34. The molecule has 88 valence electrons. The van der Waals surface area contributed by atoms with Gasteiger partial charge in [-0.2, -0.15) is 11.8 Å². The van der Waals surface area contributed by atoms with Gasteiger partial charge in [0, 0.05) is 29.7 Å². The molecule has 16 heavy (non-hydrogen) atoms. The number of rotatable bonds is 2. The third-order valence-corrected chi connectivity index (χ3v) is 3.76. The van der Waals surface area contributed by atoms with Gasteiger partial charge < -0.3 is 14.4 Å².